The van der Waals surface area contributed by atoms with Crippen LogP contribution in [0.4, 0.5) is 0 Å². The SMILES string of the molecule is Cc1cccc(CC(=O)NCCCc2c[nH]c3ccccc23)c1. The number of aromatic amines is 1. The van der Waals surface area contributed by atoms with E-state index >= 15 is 0 Å². The van der Waals surface area contributed by atoms with Gasteiger partial charge >= 0.3 is 0 Å². The maximum atomic E-state index is 12.0. The summed E-state index contributed by atoms with van der Waals surface area (Å²) in [6, 6.07) is 16.4. The van der Waals surface area contributed by atoms with E-state index < -0.39 is 0 Å². The van der Waals surface area contributed by atoms with Gasteiger partial charge in [0.1, 0.15) is 0 Å². The zero-order chi connectivity index (χ0) is 16.1. The third-order valence-electron chi connectivity index (χ3n) is 4.07. The average Bonchev–Trinajstić information content (AvgIpc) is 2.95. The highest BCUT2D eigenvalue weighted by atomic mass is 16.1. The Balaban J connectivity index is 1.45. The summed E-state index contributed by atoms with van der Waals surface area (Å²) in [7, 11) is 0. The van der Waals surface area contributed by atoms with Gasteiger partial charge in [0.25, 0.3) is 0 Å². The van der Waals surface area contributed by atoms with Crippen LogP contribution in [0.1, 0.15) is 23.1 Å². The first-order chi connectivity index (χ1) is 11.2. The first kappa shape index (κ1) is 15.3. The van der Waals surface area contributed by atoms with Gasteiger partial charge in [0, 0.05) is 23.6 Å². The van der Waals surface area contributed by atoms with E-state index in [1.54, 1.807) is 0 Å². The minimum Gasteiger partial charge on any atom is -0.361 e. The second-order valence-corrected chi connectivity index (χ2v) is 5.98. The predicted molar refractivity (Wildman–Crippen MR) is 94.5 cm³/mol. The Bertz CT molecular complexity index is 804. The van der Waals surface area contributed by atoms with Gasteiger partial charge < -0.3 is 10.3 Å². The van der Waals surface area contributed by atoms with Crippen molar-refractivity contribution >= 4 is 16.8 Å². The molecule has 0 radical (unpaired) electrons. The van der Waals surface area contributed by atoms with Crippen LogP contribution in [0.15, 0.2) is 54.7 Å². The highest BCUT2D eigenvalue weighted by molar-refractivity contribution is 5.83. The van der Waals surface area contributed by atoms with Gasteiger partial charge in [-0.05, 0) is 37.0 Å². The van der Waals surface area contributed by atoms with Crippen molar-refractivity contribution in [2.75, 3.05) is 6.54 Å². The number of H-pyrrole nitrogens is 1. The number of aryl methyl sites for hydroxylation is 2. The summed E-state index contributed by atoms with van der Waals surface area (Å²) in [4.78, 5) is 15.3. The average molecular weight is 306 g/mol. The summed E-state index contributed by atoms with van der Waals surface area (Å²) in [6.45, 7) is 2.76. The maximum Gasteiger partial charge on any atom is 0.224 e. The monoisotopic (exact) mass is 306 g/mol. The van der Waals surface area contributed by atoms with Gasteiger partial charge in [-0.25, -0.2) is 0 Å². The number of nitrogens with one attached hydrogen (secondary N) is 2. The maximum absolute atomic E-state index is 12.0. The predicted octanol–water partition coefficient (Wildman–Crippen LogP) is 3.77. The summed E-state index contributed by atoms with van der Waals surface area (Å²) >= 11 is 0. The number of carbonyl (C=O) groups excluding carboxylic acids is 1. The molecule has 0 atom stereocenters. The minimum atomic E-state index is 0.0922. The zero-order valence-electron chi connectivity index (χ0n) is 13.4. The molecule has 3 rings (SSSR count). The quantitative estimate of drug-likeness (QED) is 0.669. The molecule has 0 aliphatic heterocycles. The molecule has 1 aromatic heterocycles. The van der Waals surface area contributed by atoms with E-state index in [0.29, 0.717) is 13.0 Å². The lowest BCUT2D eigenvalue weighted by atomic mass is 10.1. The van der Waals surface area contributed by atoms with Crippen LogP contribution in [0, 0.1) is 6.92 Å². The lowest BCUT2D eigenvalue weighted by molar-refractivity contribution is -0.120. The van der Waals surface area contributed by atoms with Crippen molar-refractivity contribution in [2.45, 2.75) is 26.2 Å². The number of fused-ring (bicyclic) bond motifs is 1. The van der Waals surface area contributed by atoms with Gasteiger partial charge in [0.2, 0.25) is 5.91 Å². The van der Waals surface area contributed by atoms with E-state index in [1.807, 2.05) is 31.2 Å². The molecule has 3 aromatic rings. The fourth-order valence-electron chi connectivity index (χ4n) is 2.92. The van der Waals surface area contributed by atoms with Crippen molar-refractivity contribution in [3.8, 4) is 0 Å². The highest BCUT2D eigenvalue weighted by Gasteiger charge is 2.05. The number of benzene rings is 2. The van der Waals surface area contributed by atoms with Crippen molar-refractivity contribution in [1.82, 2.24) is 10.3 Å². The summed E-state index contributed by atoms with van der Waals surface area (Å²) in [6.07, 6.45) is 4.43. The molecule has 0 bridgehead atoms. The molecule has 0 saturated carbocycles. The van der Waals surface area contributed by atoms with Crippen LogP contribution < -0.4 is 5.32 Å². The lowest BCUT2D eigenvalue weighted by Crippen LogP contribution is -2.26. The van der Waals surface area contributed by atoms with E-state index in [-0.39, 0.29) is 5.91 Å². The Labute approximate surface area is 136 Å². The van der Waals surface area contributed by atoms with Crippen LogP contribution in [0.2, 0.25) is 0 Å². The Morgan fingerprint density at radius 2 is 2.00 bits per heavy atom. The van der Waals surface area contributed by atoms with E-state index in [4.69, 9.17) is 0 Å². The molecule has 3 nitrogen and oxygen atoms in total. The molecule has 0 unspecified atom stereocenters. The number of hydrogen-bond donors (Lipinski definition) is 2. The van der Waals surface area contributed by atoms with E-state index in [0.717, 1.165) is 18.4 Å². The molecule has 1 heterocycles. The zero-order valence-corrected chi connectivity index (χ0v) is 13.4. The third-order valence-corrected chi connectivity index (χ3v) is 4.07. The van der Waals surface area contributed by atoms with Crippen LogP contribution >= 0.6 is 0 Å². The molecule has 118 valence electrons. The van der Waals surface area contributed by atoms with Gasteiger partial charge in [-0.1, -0.05) is 48.0 Å². The van der Waals surface area contributed by atoms with Gasteiger partial charge in [-0.2, -0.15) is 0 Å². The van der Waals surface area contributed by atoms with Crippen molar-refractivity contribution in [3.63, 3.8) is 0 Å². The standard InChI is InChI=1S/C20H22N2O/c1-15-6-4-7-16(12-15)13-20(23)21-11-5-8-17-14-22-19-10-3-2-9-18(17)19/h2-4,6-7,9-10,12,14,22H,5,8,11,13H2,1H3,(H,21,23). The molecule has 23 heavy (non-hydrogen) atoms. The number of carbonyl (C=O) groups is 1. The fourth-order valence-corrected chi connectivity index (χ4v) is 2.92. The third kappa shape index (κ3) is 4.01. The van der Waals surface area contributed by atoms with Crippen LogP contribution in [0.25, 0.3) is 10.9 Å². The van der Waals surface area contributed by atoms with E-state index in [9.17, 15) is 4.79 Å². The molecule has 1 amide bonds. The molecular formula is C20H22N2O. The van der Waals surface area contributed by atoms with Crippen LogP contribution in [0.5, 0.6) is 0 Å². The van der Waals surface area contributed by atoms with Gasteiger partial charge in [0.05, 0.1) is 6.42 Å². The Morgan fingerprint density at radius 3 is 2.87 bits per heavy atom. The number of amides is 1. The molecular weight excluding hydrogens is 284 g/mol. The number of para-hydroxylation sites is 1. The van der Waals surface area contributed by atoms with Crippen LogP contribution in [-0.2, 0) is 17.6 Å². The Morgan fingerprint density at radius 1 is 1.13 bits per heavy atom. The van der Waals surface area contributed by atoms with E-state index in [2.05, 4.69) is 40.8 Å². The smallest absolute Gasteiger partial charge is 0.224 e. The molecule has 0 spiro atoms. The Hall–Kier alpha value is -2.55. The second kappa shape index (κ2) is 7.14. The summed E-state index contributed by atoms with van der Waals surface area (Å²) in [5.41, 5.74) is 4.74. The van der Waals surface area contributed by atoms with Crippen molar-refractivity contribution < 1.29 is 4.79 Å². The molecule has 2 aromatic carbocycles. The first-order valence-corrected chi connectivity index (χ1v) is 8.09. The second-order valence-electron chi connectivity index (χ2n) is 5.98. The van der Waals surface area contributed by atoms with Gasteiger partial charge in [-0.3, -0.25) is 4.79 Å². The molecule has 2 N–H and O–H groups in total. The molecule has 3 heteroatoms. The van der Waals surface area contributed by atoms with Crippen molar-refractivity contribution in [3.05, 3.63) is 71.4 Å². The normalized spacial score (nSPS) is 10.8. The number of rotatable bonds is 6. The summed E-state index contributed by atoms with van der Waals surface area (Å²) in [5.74, 6) is 0.0922. The topological polar surface area (TPSA) is 44.9 Å². The van der Waals surface area contributed by atoms with Crippen molar-refractivity contribution in [2.24, 2.45) is 0 Å². The summed E-state index contributed by atoms with van der Waals surface area (Å²) in [5, 5.41) is 4.29. The first-order valence-electron chi connectivity index (χ1n) is 8.09. The fraction of sp³-hybridized carbons (Fsp3) is 0.250. The van der Waals surface area contributed by atoms with Gasteiger partial charge in [0.15, 0.2) is 0 Å². The lowest BCUT2D eigenvalue weighted by Gasteiger charge is -2.06. The largest absolute Gasteiger partial charge is 0.361 e. The van der Waals surface area contributed by atoms with Gasteiger partial charge in [-0.15, -0.1) is 0 Å². The van der Waals surface area contributed by atoms with E-state index in [1.165, 1.54) is 22.0 Å². The number of hydrogen-bond acceptors (Lipinski definition) is 1. The van der Waals surface area contributed by atoms with Crippen molar-refractivity contribution in [1.29, 1.82) is 0 Å². The summed E-state index contributed by atoms with van der Waals surface area (Å²) < 4.78 is 0. The Kier molecular flexibility index (Phi) is 4.77. The molecule has 0 saturated heterocycles. The molecule has 0 fully saturated rings. The number of aromatic nitrogens is 1. The minimum absolute atomic E-state index is 0.0922. The van der Waals surface area contributed by atoms with Crippen LogP contribution in [-0.4, -0.2) is 17.4 Å². The molecule has 0 aliphatic rings. The highest BCUT2D eigenvalue weighted by Crippen LogP contribution is 2.18. The van der Waals surface area contributed by atoms with Crippen LogP contribution in [0.3, 0.4) is 0 Å². The molecule has 0 aliphatic carbocycles.